The van der Waals surface area contributed by atoms with E-state index in [4.69, 9.17) is 11.6 Å². The number of hydrogen-bond acceptors (Lipinski definition) is 1. The van der Waals surface area contributed by atoms with Crippen LogP contribution in [-0.2, 0) is 11.0 Å². The van der Waals surface area contributed by atoms with E-state index in [-0.39, 0.29) is 21.9 Å². The molecule has 0 fully saturated rings. The van der Waals surface area contributed by atoms with Gasteiger partial charge in [0.05, 0.1) is 21.6 Å². The number of carbonyl (C=O) groups excluding carboxylic acids is 1. The smallest absolute Gasteiger partial charge is 0.324 e. The van der Waals surface area contributed by atoms with Gasteiger partial charge in [-0.25, -0.2) is 0 Å². The summed E-state index contributed by atoms with van der Waals surface area (Å²) in [5, 5.41) is 2.25. The van der Waals surface area contributed by atoms with Crippen LogP contribution in [0.1, 0.15) is 5.56 Å². The Morgan fingerprint density at radius 3 is 2.50 bits per heavy atom. The van der Waals surface area contributed by atoms with Crippen molar-refractivity contribution in [3.05, 3.63) is 28.8 Å². The van der Waals surface area contributed by atoms with E-state index in [9.17, 15) is 18.0 Å². The molecule has 2 nitrogen and oxygen atoms in total. The Hall–Kier alpha value is -0.750. The first-order valence-electron chi connectivity index (χ1n) is 4.07. The van der Waals surface area contributed by atoms with Gasteiger partial charge in [0.2, 0.25) is 5.91 Å². The summed E-state index contributed by atoms with van der Waals surface area (Å²) in [5.41, 5.74) is -0.701. The number of carbonyl (C=O) groups is 1. The number of nitrogens with one attached hydrogen (secondary N) is 1. The molecule has 7 heteroatoms. The molecule has 0 atom stereocenters. The van der Waals surface area contributed by atoms with Gasteiger partial charge in [-0.1, -0.05) is 27.5 Å². The predicted molar refractivity (Wildman–Crippen MR) is 58.9 cm³/mol. The summed E-state index contributed by atoms with van der Waals surface area (Å²) in [6.07, 6.45) is -4.44. The molecule has 1 aromatic rings. The van der Waals surface area contributed by atoms with Crippen LogP contribution in [0, 0.1) is 0 Å². The fourth-order valence-corrected chi connectivity index (χ4v) is 1.34. The number of anilines is 1. The van der Waals surface area contributed by atoms with Crippen LogP contribution in [-0.4, -0.2) is 11.2 Å². The second-order valence-electron chi connectivity index (χ2n) is 2.87. The minimum Gasteiger partial charge on any atom is -0.324 e. The third kappa shape index (κ3) is 3.38. The van der Waals surface area contributed by atoms with Crippen molar-refractivity contribution in [3.63, 3.8) is 0 Å². The van der Waals surface area contributed by atoms with Crippen molar-refractivity contribution < 1.29 is 18.0 Å². The fraction of sp³-hybridized carbons (Fsp3) is 0.222. The first kappa shape index (κ1) is 13.3. The van der Waals surface area contributed by atoms with Crippen LogP contribution in [0.25, 0.3) is 0 Å². The zero-order valence-electron chi connectivity index (χ0n) is 7.74. The van der Waals surface area contributed by atoms with Crippen LogP contribution in [0.15, 0.2) is 18.2 Å². The van der Waals surface area contributed by atoms with Crippen LogP contribution < -0.4 is 5.32 Å². The molecular weight excluding hydrogens is 310 g/mol. The molecule has 16 heavy (non-hydrogen) atoms. The van der Waals surface area contributed by atoms with Crippen LogP contribution in [0.5, 0.6) is 0 Å². The van der Waals surface area contributed by atoms with Gasteiger partial charge in [-0.3, -0.25) is 4.79 Å². The summed E-state index contributed by atoms with van der Waals surface area (Å²) in [5.74, 6) is -0.387. The standard InChI is InChI=1S/C9H6BrClF3NO/c10-4-8(16)15-7-2-1-5(3-6(7)11)9(12,13)14/h1-3H,4H2,(H,15,16). The molecule has 1 rings (SSSR count). The summed E-state index contributed by atoms with van der Waals surface area (Å²) in [6.45, 7) is 0. The van der Waals surface area contributed by atoms with E-state index >= 15 is 0 Å². The van der Waals surface area contributed by atoms with Crippen molar-refractivity contribution in [3.8, 4) is 0 Å². The molecule has 0 spiro atoms. The van der Waals surface area contributed by atoms with Gasteiger partial charge in [0.1, 0.15) is 0 Å². The molecule has 1 aromatic carbocycles. The van der Waals surface area contributed by atoms with Gasteiger partial charge < -0.3 is 5.32 Å². The highest BCUT2D eigenvalue weighted by molar-refractivity contribution is 9.09. The van der Waals surface area contributed by atoms with Crippen LogP contribution in [0.4, 0.5) is 18.9 Å². The summed E-state index contributed by atoms with van der Waals surface area (Å²) in [6, 6.07) is 2.74. The van der Waals surface area contributed by atoms with Crippen molar-refractivity contribution >= 4 is 39.1 Å². The monoisotopic (exact) mass is 315 g/mol. The molecule has 0 saturated carbocycles. The van der Waals surface area contributed by atoms with Gasteiger partial charge >= 0.3 is 6.18 Å². The summed E-state index contributed by atoms with van der Waals surface area (Å²) in [4.78, 5) is 11.0. The van der Waals surface area contributed by atoms with Crippen molar-refractivity contribution in [2.45, 2.75) is 6.18 Å². The number of rotatable bonds is 2. The summed E-state index contributed by atoms with van der Waals surface area (Å²) >= 11 is 8.51. The van der Waals surface area contributed by atoms with Gasteiger partial charge in [-0.05, 0) is 18.2 Å². The maximum Gasteiger partial charge on any atom is 0.416 e. The minimum atomic E-state index is -4.44. The molecule has 0 saturated heterocycles. The van der Waals surface area contributed by atoms with Gasteiger partial charge in [0, 0.05) is 0 Å². The highest BCUT2D eigenvalue weighted by Crippen LogP contribution is 2.33. The Kier molecular flexibility index (Phi) is 4.21. The van der Waals surface area contributed by atoms with Crippen molar-refractivity contribution in [1.29, 1.82) is 0 Å². The number of hydrogen-bond donors (Lipinski definition) is 1. The molecule has 0 aliphatic rings. The lowest BCUT2D eigenvalue weighted by Gasteiger charge is -2.10. The largest absolute Gasteiger partial charge is 0.416 e. The zero-order chi connectivity index (χ0) is 12.3. The number of halogens is 5. The zero-order valence-corrected chi connectivity index (χ0v) is 10.1. The first-order chi connectivity index (χ1) is 7.34. The molecule has 1 amide bonds. The highest BCUT2D eigenvalue weighted by atomic mass is 79.9. The lowest BCUT2D eigenvalue weighted by Crippen LogP contribution is -2.13. The van der Waals surface area contributed by atoms with Crippen LogP contribution >= 0.6 is 27.5 Å². The number of alkyl halides is 4. The van der Waals surface area contributed by atoms with Gasteiger partial charge in [0.15, 0.2) is 0 Å². The summed E-state index contributed by atoms with van der Waals surface area (Å²) < 4.78 is 36.8. The molecule has 0 aliphatic heterocycles. The molecule has 88 valence electrons. The molecule has 0 aliphatic carbocycles. The average Bonchev–Trinajstić information content (AvgIpc) is 2.19. The molecule has 0 bridgehead atoms. The fourth-order valence-electron chi connectivity index (χ4n) is 0.976. The Labute approximate surface area is 103 Å². The van der Waals surface area contributed by atoms with Crippen molar-refractivity contribution in [2.24, 2.45) is 0 Å². The third-order valence-electron chi connectivity index (χ3n) is 1.69. The van der Waals surface area contributed by atoms with E-state index in [1.54, 1.807) is 0 Å². The SMILES string of the molecule is O=C(CBr)Nc1ccc(C(F)(F)F)cc1Cl. The second-order valence-corrected chi connectivity index (χ2v) is 3.84. The van der Waals surface area contributed by atoms with Crippen LogP contribution in [0.3, 0.4) is 0 Å². The normalized spacial score (nSPS) is 11.3. The predicted octanol–water partition coefficient (Wildman–Crippen LogP) is 3.69. The van der Waals surface area contributed by atoms with Gasteiger partial charge in [0.25, 0.3) is 0 Å². The lowest BCUT2D eigenvalue weighted by atomic mass is 10.2. The maximum absolute atomic E-state index is 12.3. The van der Waals surface area contributed by atoms with Crippen LogP contribution in [0.2, 0.25) is 5.02 Å². The van der Waals surface area contributed by atoms with Crippen molar-refractivity contribution in [2.75, 3.05) is 10.6 Å². The first-order valence-corrected chi connectivity index (χ1v) is 5.57. The Morgan fingerprint density at radius 1 is 1.44 bits per heavy atom. The van der Waals surface area contributed by atoms with E-state index in [1.165, 1.54) is 0 Å². The molecule has 1 N–H and O–H groups in total. The average molecular weight is 317 g/mol. The molecule has 0 unspecified atom stereocenters. The quantitative estimate of drug-likeness (QED) is 0.828. The van der Waals surface area contributed by atoms with E-state index in [0.29, 0.717) is 0 Å². The molecule has 0 radical (unpaired) electrons. The van der Waals surface area contributed by atoms with Gasteiger partial charge in [-0.2, -0.15) is 13.2 Å². The van der Waals surface area contributed by atoms with E-state index in [1.807, 2.05) is 0 Å². The Balaban J connectivity index is 2.96. The summed E-state index contributed by atoms with van der Waals surface area (Å²) in [7, 11) is 0. The highest BCUT2D eigenvalue weighted by Gasteiger charge is 2.30. The van der Waals surface area contributed by atoms with Crippen molar-refractivity contribution in [1.82, 2.24) is 0 Å². The molecule has 0 aromatic heterocycles. The topological polar surface area (TPSA) is 29.1 Å². The Bertz CT molecular complexity index is 408. The number of benzene rings is 1. The molecular formula is C9H6BrClF3NO. The van der Waals surface area contributed by atoms with E-state index < -0.39 is 11.7 Å². The van der Waals surface area contributed by atoms with Gasteiger partial charge in [-0.15, -0.1) is 0 Å². The lowest BCUT2D eigenvalue weighted by molar-refractivity contribution is -0.137. The maximum atomic E-state index is 12.3. The second kappa shape index (κ2) is 5.05. The van der Waals surface area contributed by atoms with E-state index in [0.717, 1.165) is 18.2 Å². The number of amides is 1. The van der Waals surface area contributed by atoms with E-state index in [2.05, 4.69) is 21.2 Å². The minimum absolute atomic E-state index is 0.0460. The Morgan fingerprint density at radius 2 is 2.06 bits per heavy atom. The third-order valence-corrected chi connectivity index (χ3v) is 2.51. The molecule has 0 heterocycles.